The number of para-hydroxylation sites is 1. The maximum atomic E-state index is 13.1. The molecule has 5 unspecified atom stereocenters. The molecule has 29 heavy (non-hydrogen) atoms. The molecule has 0 aromatic heterocycles. The van der Waals surface area contributed by atoms with E-state index in [1.165, 1.54) is 6.08 Å². The Bertz CT molecular complexity index is 898. The highest BCUT2D eigenvalue weighted by molar-refractivity contribution is 6.08. The van der Waals surface area contributed by atoms with Crippen LogP contribution in [0.15, 0.2) is 36.4 Å². The number of likely N-dealkylation sites (tertiary alicyclic amines) is 1. The van der Waals surface area contributed by atoms with Gasteiger partial charge in [0.2, 0.25) is 17.7 Å². The van der Waals surface area contributed by atoms with Gasteiger partial charge < -0.3 is 10.1 Å². The number of amides is 3. The molecule has 4 rings (SSSR count). The second-order valence-corrected chi connectivity index (χ2v) is 7.61. The molecule has 154 valence electrons. The highest BCUT2D eigenvalue weighted by atomic mass is 19.4. The molecular weight excluding hydrogens is 389 g/mol. The molecule has 2 aliphatic heterocycles. The van der Waals surface area contributed by atoms with Crippen molar-refractivity contribution in [3.63, 3.8) is 0 Å². The van der Waals surface area contributed by atoms with E-state index in [0.29, 0.717) is 5.75 Å². The average Bonchev–Trinajstić information content (AvgIpc) is 3.16. The van der Waals surface area contributed by atoms with Crippen molar-refractivity contribution in [3.05, 3.63) is 42.0 Å². The van der Waals surface area contributed by atoms with E-state index in [9.17, 15) is 27.6 Å². The van der Waals surface area contributed by atoms with E-state index in [1.807, 2.05) is 12.1 Å². The fourth-order valence-electron chi connectivity index (χ4n) is 4.38. The third kappa shape index (κ3) is 3.38. The Kier molecular flexibility index (Phi) is 4.63. The van der Waals surface area contributed by atoms with Crippen LogP contribution in [0.25, 0.3) is 0 Å². The zero-order valence-electron chi connectivity index (χ0n) is 15.5. The highest BCUT2D eigenvalue weighted by Gasteiger charge is 2.56. The molecule has 0 spiro atoms. The molecule has 0 saturated carbocycles. The van der Waals surface area contributed by atoms with Gasteiger partial charge in [-0.3, -0.25) is 19.3 Å². The number of hydrogen-bond acceptors (Lipinski definition) is 4. The minimum atomic E-state index is -4.70. The molecule has 1 fully saturated rings. The van der Waals surface area contributed by atoms with Crippen LogP contribution in [0.1, 0.15) is 18.5 Å². The van der Waals surface area contributed by atoms with Gasteiger partial charge in [0.25, 0.3) is 0 Å². The molecule has 9 heteroatoms. The summed E-state index contributed by atoms with van der Waals surface area (Å²) in [4.78, 5) is 38.4. The summed E-state index contributed by atoms with van der Waals surface area (Å²) in [6.07, 6.45) is -1.63. The first-order chi connectivity index (χ1) is 13.7. The van der Waals surface area contributed by atoms with Crippen LogP contribution in [-0.4, -0.2) is 41.9 Å². The molecule has 3 amide bonds. The third-order valence-corrected chi connectivity index (χ3v) is 5.72. The topological polar surface area (TPSA) is 75.7 Å². The summed E-state index contributed by atoms with van der Waals surface area (Å²) >= 11 is 0. The lowest BCUT2D eigenvalue weighted by Crippen LogP contribution is -2.46. The summed E-state index contributed by atoms with van der Waals surface area (Å²) < 4.78 is 44.0. The number of fused-ring (bicyclic) bond motifs is 2. The first kappa shape index (κ1) is 19.5. The number of halogens is 3. The first-order valence-electron chi connectivity index (χ1n) is 9.30. The summed E-state index contributed by atoms with van der Waals surface area (Å²) in [6, 6.07) is 6.78. The Balaban J connectivity index is 1.57. The molecule has 1 aromatic carbocycles. The van der Waals surface area contributed by atoms with Crippen LogP contribution in [0.5, 0.6) is 5.75 Å². The van der Waals surface area contributed by atoms with Crippen LogP contribution < -0.4 is 10.1 Å². The van der Waals surface area contributed by atoms with E-state index in [2.05, 4.69) is 5.32 Å². The number of carbonyl (C=O) groups is 3. The molecule has 1 aromatic rings. The predicted molar refractivity (Wildman–Crippen MR) is 94.4 cm³/mol. The molecule has 1 aliphatic carbocycles. The van der Waals surface area contributed by atoms with E-state index >= 15 is 0 Å². The fourth-order valence-corrected chi connectivity index (χ4v) is 4.38. The monoisotopic (exact) mass is 408 g/mol. The fraction of sp³-hybridized carbons (Fsp3) is 0.450. The zero-order valence-corrected chi connectivity index (χ0v) is 15.5. The molecule has 0 radical (unpaired) electrons. The minimum Gasteiger partial charge on any atom is -0.491 e. The second-order valence-electron chi connectivity index (χ2n) is 7.61. The van der Waals surface area contributed by atoms with E-state index in [4.69, 9.17) is 4.74 Å². The first-order valence-corrected chi connectivity index (χ1v) is 9.30. The van der Waals surface area contributed by atoms with Gasteiger partial charge >= 0.3 is 6.18 Å². The van der Waals surface area contributed by atoms with Gasteiger partial charge in [-0.2, -0.15) is 13.2 Å². The van der Waals surface area contributed by atoms with E-state index < -0.39 is 60.2 Å². The maximum absolute atomic E-state index is 13.1. The highest BCUT2D eigenvalue weighted by Crippen LogP contribution is 2.42. The van der Waals surface area contributed by atoms with E-state index in [-0.39, 0.29) is 11.5 Å². The third-order valence-electron chi connectivity index (χ3n) is 5.72. The largest absolute Gasteiger partial charge is 0.491 e. The van der Waals surface area contributed by atoms with Crippen molar-refractivity contribution in [2.45, 2.75) is 19.1 Å². The van der Waals surface area contributed by atoms with Gasteiger partial charge in [0.05, 0.1) is 23.8 Å². The number of ether oxygens (including phenoxy) is 1. The number of imide groups is 1. The number of benzene rings is 1. The van der Waals surface area contributed by atoms with Crippen LogP contribution in [0.4, 0.5) is 13.2 Å². The lowest BCUT2D eigenvalue weighted by atomic mass is 9.71. The number of allylic oxidation sites excluding steroid dienone is 1. The molecular formula is C20H19F3N2O4. The predicted octanol–water partition coefficient (Wildman–Crippen LogP) is 2.22. The number of alkyl halides is 3. The lowest BCUT2D eigenvalue weighted by molar-refractivity contribution is -0.166. The number of nitrogens with one attached hydrogen (secondary N) is 1. The molecule has 6 nitrogen and oxygen atoms in total. The summed E-state index contributed by atoms with van der Waals surface area (Å²) in [5.74, 6) is -5.22. The van der Waals surface area contributed by atoms with Gasteiger partial charge in [-0.1, -0.05) is 37.3 Å². The van der Waals surface area contributed by atoms with Gasteiger partial charge in [0, 0.05) is 5.56 Å². The van der Waals surface area contributed by atoms with Crippen LogP contribution in [0.2, 0.25) is 0 Å². The van der Waals surface area contributed by atoms with Crippen LogP contribution in [-0.2, 0) is 14.4 Å². The Morgan fingerprint density at radius 1 is 1.21 bits per heavy atom. The van der Waals surface area contributed by atoms with Crippen molar-refractivity contribution in [2.75, 3.05) is 13.2 Å². The summed E-state index contributed by atoms with van der Waals surface area (Å²) in [5.41, 5.74) is 0.795. The average molecular weight is 408 g/mol. The van der Waals surface area contributed by atoms with Crippen LogP contribution in [0, 0.1) is 23.7 Å². The quantitative estimate of drug-likeness (QED) is 0.615. The van der Waals surface area contributed by atoms with Gasteiger partial charge in [-0.05, 0) is 12.0 Å². The summed E-state index contributed by atoms with van der Waals surface area (Å²) in [7, 11) is 0. The Labute approximate surface area is 164 Å². The number of rotatable bonds is 3. The van der Waals surface area contributed by atoms with E-state index in [1.54, 1.807) is 25.1 Å². The van der Waals surface area contributed by atoms with Gasteiger partial charge in [-0.15, -0.1) is 0 Å². The van der Waals surface area contributed by atoms with Gasteiger partial charge in [0.15, 0.2) is 0 Å². The Morgan fingerprint density at radius 2 is 1.93 bits per heavy atom. The standard InChI is InChI=1S/C20H19F3N2O4/c1-10-6-7-12-16(19(28)25(18(12)27)9-20(21,22)23)15(10)17(26)24-13-8-29-14-5-3-2-4-11(13)14/h2-7,10,12-13,15-16H,8-9H2,1H3,(H,24,26). The van der Waals surface area contributed by atoms with Crippen LogP contribution in [0.3, 0.4) is 0 Å². The molecule has 3 aliphatic rings. The van der Waals surface area contributed by atoms with Crippen molar-refractivity contribution in [3.8, 4) is 5.75 Å². The zero-order chi connectivity index (χ0) is 20.9. The maximum Gasteiger partial charge on any atom is 0.406 e. The Hall–Kier alpha value is -2.84. The molecule has 1 N–H and O–H groups in total. The number of nitrogens with zero attached hydrogens (tertiary/aromatic N) is 1. The normalized spacial score (nSPS) is 30.8. The van der Waals surface area contributed by atoms with Crippen LogP contribution >= 0.6 is 0 Å². The van der Waals surface area contributed by atoms with Crippen molar-refractivity contribution in [1.82, 2.24) is 10.2 Å². The summed E-state index contributed by atoms with van der Waals surface area (Å²) in [5, 5.41) is 2.84. The molecule has 1 saturated heterocycles. The SMILES string of the molecule is CC1C=CC2C(=O)N(CC(F)(F)F)C(=O)C2C1C(=O)NC1COc2ccccc21. The molecule has 0 bridgehead atoms. The summed E-state index contributed by atoms with van der Waals surface area (Å²) in [6.45, 7) is 0.293. The lowest BCUT2D eigenvalue weighted by Gasteiger charge is -2.31. The van der Waals surface area contributed by atoms with Crippen molar-refractivity contribution in [2.24, 2.45) is 23.7 Å². The Morgan fingerprint density at radius 3 is 2.66 bits per heavy atom. The second kappa shape index (κ2) is 6.89. The minimum absolute atomic E-state index is 0.225. The number of carbonyl (C=O) groups excluding carboxylic acids is 3. The van der Waals surface area contributed by atoms with Gasteiger partial charge in [-0.25, -0.2) is 0 Å². The smallest absolute Gasteiger partial charge is 0.406 e. The van der Waals surface area contributed by atoms with E-state index in [0.717, 1.165) is 5.56 Å². The molecule has 5 atom stereocenters. The van der Waals surface area contributed by atoms with Crippen molar-refractivity contribution < 1.29 is 32.3 Å². The number of hydrogen-bond donors (Lipinski definition) is 1. The molecule has 2 heterocycles. The van der Waals surface area contributed by atoms with Crippen molar-refractivity contribution >= 4 is 17.7 Å². The van der Waals surface area contributed by atoms with Crippen molar-refractivity contribution in [1.29, 1.82) is 0 Å². The van der Waals surface area contributed by atoms with Gasteiger partial charge in [0.1, 0.15) is 18.9 Å².